The van der Waals surface area contributed by atoms with Gasteiger partial charge in [-0.1, -0.05) is 18.9 Å². The second-order valence-corrected chi connectivity index (χ2v) is 8.73. The molecule has 0 bridgehead atoms. The number of aromatic nitrogens is 3. The smallest absolute Gasteiger partial charge is 0.283 e. The number of fused-ring (bicyclic) bond motifs is 5. The van der Waals surface area contributed by atoms with Gasteiger partial charge >= 0.3 is 0 Å². The third-order valence-electron chi connectivity index (χ3n) is 5.19. The van der Waals surface area contributed by atoms with E-state index in [2.05, 4.69) is 70.7 Å². The Hall–Kier alpha value is -1.41. The lowest BCUT2D eigenvalue weighted by Gasteiger charge is -2.13. The maximum atomic E-state index is 12.8. The molecule has 0 spiro atoms. The molecule has 4 nitrogen and oxygen atoms in total. The summed E-state index contributed by atoms with van der Waals surface area (Å²) in [6.07, 6.45) is 4.78. The summed E-state index contributed by atoms with van der Waals surface area (Å²) in [4.78, 5) is 17.3. The Labute approximate surface area is 166 Å². The molecule has 2 aromatic heterocycles. The minimum atomic E-state index is -0.167. The van der Waals surface area contributed by atoms with Gasteiger partial charge in [-0.25, -0.2) is 0 Å². The molecule has 1 saturated carbocycles. The van der Waals surface area contributed by atoms with Crippen LogP contribution in [-0.4, -0.2) is 14.0 Å². The molecule has 0 saturated heterocycles. The highest BCUT2D eigenvalue weighted by Gasteiger charge is 2.24. The van der Waals surface area contributed by atoms with Gasteiger partial charge < -0.3 is 4.57 Å². The quantitative estimate of drug-likeness (QED) is 0.328. The fourth-order valence-electron chi connectivity index (χ4n) is 4.12. The largest absolute Gasteiger partial charge is 0.306 e. The number of benzene rings is 2. The van der Waals surface area contributed by atoms with E-state index in [4.69, 9.17) is 0 Å². The topological polar surface area (TPSA) is 39.3 Å². The van der Waals surface area contributed by atoms with E-state index in [1.165, 1.54) is 16.4 Å². The Morgan fingerprint density at radius 2 is 1.88 bits per heavy atom. The first-order valence-electron chi connectivity index (χ1n) is 8.45. The lowest BCUT2D eigenvalue weighted by atomic mass is 10.2. The summed E-state index contributed by atoms with van der Waals surface area (Å²) >= 11 is 5.87. The third kappa shape index (κ3) is 2.30. The predicted molar refractivity (Wildman–Crippen MR) is 112 cm³/mol. The minimum absolute atomic E-state index is 0.167. The van der Waals surface area contributed by atoms with Gasteiger partial charge in [0.15, 0.2) is 0 Å². The molecule has 0 radical (unpaired) electrons. The van der Waals surface area contributed by atoms with Crippen molar-refractivity contribution in [3.63, 3.8) is 0 Å². The van der Waals surface area contributed by atoms with Crippen molar-refractivity contribution in [1.29, 1.82) is 0 Å². The molecular formula is C19H15BrIN3O. The first-order chi connectivity index (χ1) is 12.1. The van der Waals surface area contributed by atoms with Crippen molar-refractivity contribution in [3.05, 3.63) is 54.8 Å². The second-order valence-electron chi connectivity index (χ2n) is 6.63. The van der Waals surface area contributed by atoms with E-state index in [0.29, 0.717) is 11.4 Å². The molecule has 0 unspecified atom stereocenters. The highest BCUT2D eigenvalue weighted by atomic mass is 127. The molecule has 5 rings (SSSR count). The van der Waals surface area contributed by atoms with E-state index >= 15 is 0 Å². The molecule has 1 aliphatic rings. The van der Waals surface area contributed by atoms with Crippen molar-refractivity contribution < 1.29 is 0 Å². The highest BCUT2D eigenvalue weighted by Crippen LogP contribution is 2.36. The summed E-state index contributed by atoms with van der Waals surface area (Å²) in [6, 6.07) is 12.8. The molecule has 126 valence electrons. The number of halogens is 2. The standard InChI is InChI=1S/C19H15BrIN3O/c20-13-6-3-7-15-17(13)18(25)22-19-23(12-4-1-2-5-12)16-10-11(21)8-9-14(16)24(15)19/h3,6-10,12H,1-2,4-5H2. The van der Waals surface area contributed by atoms with Crippen molar-refractivity contribution in [2.75, 3.05) is 0 Å². The SMILES string of the molecule is O=c1nc2n(C3CCCC3)c3cc(I)ccc3n2c2cccc(Br)c12. The molecule has 25 heavy (non-hydrogen) atoms. The van der Waals surface area contributed by atoms with E-state index in [1.54, 1.807) is 0 Å². The summed E-state index contributed by atoms with van der Waals surface area (Å²) in [7, 11) is 0. The third-order valence-corrected chi connectivity index (χ3v) is 6.52. The van der Waals surface area contributed by atoms with Crippen LogP contribution >= 0.6 is 38.5 Å². The van der Waals surface area contributed by atoms with Gasteiger partial charge in [0.25, 0.3) is 5.56 Å². The summed E-state index contributed by atoms with van der Waals surface area (Å²) in [5.74, 6) is 0.763. The van der Waals surface area contributed by atoms with Crippen LogP contribution in [0.4, 0.5) is 0 Å². The van der Waals surface area contributed by atoms with Crippen molar-refractivity contribution in [2.45, 2.75) is 31.7 Å². The molecule has 0 N–H and O–H groups in total. The maximum absolute atomic E-state index is 12.8. The van der Waals surface area contributed by atoms with Crippen molar-refractivity contribution >= 4 is 66.2 Å². The molecule has 2 heterocycles. The minimum Gasteiger partial charge on any atom is -0.306 e. The van der Waals surface area contributed by atoms with Crippen LogP contribution in [0.25, 0.3) is 27.7 Å². The zero-order valence-corrected chi connectivity index (χ0v) is 17.1. The fourth-order valence-corrected chi connectivity index (χ4v) is 5.12. The Balaban J connectivity index is 2.06. The number of imidazole rings is 1. The summed E-state index contributed by atoms with van der Waals surface area (Å²) < 4.78 is 6.43. The molecule has 6 heteroatoms. The lowest BCUT2D eigenvalue weighted by Crippen LogP contribution is -2.14. The molecule has 4 aromatic rings. The predicted octanol–water partition coefficient (Wildman–Crippen LogP) is 5.28. The van der Waals surface area contributed by atoms with Crippen molar-refractivity contribution in [3.8, 4) is 0 Å². The van der Waals surface area contributed by atoms with E-state index in [1.807, 2.05) is 18.2 Å². The Morgan fingerprint density at radius 3 is 2.68 bits per heavy atom. The van der Waals surface area contributed by atoms with E-state index in [9.17, 15) is 4.79 Å². The zero-order valence-electron chi connectivity index (χ0n) is 13.4. The number of hydrogen-bond donors (Lipinski definition) is 0. The van der Waals surface area contributed by atoms with Crippen LogP contribution in [-0.2, 0) is 0 Å². The van der Waals surface area contributed by atoms with Crippen LogP contribution in [0.1, 0.15) is 31.7 Å². The van der Waals surface area contributed by atoms with E-state index in [-0.39, 0.29) is 5.56 Å². The van der Waals surface area contributed by atoms with Gasteiger partial charge in [-0.3, -0.25) is 9.20 Å². The monoisotopic (exact) mass is 507 g/mol. The average molecular weight is 508 g/mol. The summed E-state index contributed by atoms with van der Waals surface area (Å²) in [5.41, 5.74) is 3.02. The molecule has 2 aromatic carbocycles. The van der Waals surface area contributed by atoms with Gasteiger partial charge in [0.1, 0.15) is 0 Å². The summed E-state index contributed by atoms with van der Waals surface area (Å²) in [6.45, 7) is 0. The van der Waals surface area contributed by atoms with Gasteiger partial charge in [0.2, 0.25) is 5.78 Å². The van der Waals surface area contributed by atoms with Crippen LogP contribution in [0.15, 0.2) is 45.7 Å². The van der Waals surface area contributed by atoms with Crippen LogP contribution in [0.3, 0.4) is 0 Å². The van der Waals surface area contributed by atoms with Crippen LogP contribution < -0.4 is 5.56 Å². The first kappa shape index (κ1) is 15.8. The molecular weight excluding hydrogens is 493 g/mol. The van der Waals surface area contributed by atoms with E-state index < -0.39 is 0 Å². The Kier molecular flexibility index (Phi) is 3.67. The van der Waals surface area contributed by atoms with Gasteiger partial charge in [-0.2, -0.15) is 4.98 Å². The van der Waals surface area contributed by atoms with Crippen LogP contribution in [0.5, 0.6) is 0 Å². The first-order valence-corrected chi connectivity index (χ1v) is 10.3. The fraction of sp³-hybridized carbons (Fsp3) is 0.263. The zero-order chi connectivity index (χ0) is 17.1. The molecule has 0 aliphatic heterocycles. The molecule has 0 atom stereocenters. The van der Waals surface area contributed by atoms with Gasteiger partial charge in [-0.05, 0) is 81.7 Å². The molecule has 0 amide bonds. The van der Waals surface area contributed by atoms with Gasteiger partial charge in [0.05, 0.1) is 21.9 Å². The van der Waals surface area contributed by atoms with Crippen LogP contribution in [0, 0.1) is 3.57 Å². The Bertz CT molecular complexity index is 1200. The Morgan fingerprint density at radius 1 is 1.08 bits per heavy atom. The van der Waals surface area contributed by atoms with Crippen molar-refractivity contribution in [2.24, 2.45) is 0 Å². The molecule has 1 fully saturated rings. The second kappa shape index (κ2) is 5.81. The summed E-state index contributed by atoms with van der Waals surface area (Å²) in [5, 5.41) is 0.643. The average Bonchev–Trinajstić information content (AvgIpc) is 3.19. The molecule has 1 aliphatic carbocycles. The van der Waals surface area contributed by atoms with E-state index in [0.717, 1.165) is 39.6 Å². The van der Waals surface area contributed by atoms with Crippen molar-refractivity contribution in [1.82, 2.24) is 14.0 Å². The van der Waals surface area contributed by atoms with Crippen LogP contribution in [0.2, 0.25) is 0 Å². The number of hydrogen-bond acceptors (Lipinski definition) is 2. The maximum Gasteiger partial charge on any atom is 0.283 e. The highest BCUT2D eigenvalue weighted by molar-refractivity contribution is 14.1. The van der Waals surface area contributed by atoms with Gasteiger partial charge in [-0.15, -0.1) is 0 Å². The van der Waals surface area contributed by atoms with Gasteiger partial charge in [0, 0.05) is 14.1 Å². The lowest BCUT2D eigenvalue weighted by molar-refractivity contribution is 0.543. The number of nitrogens with zero attached hydrogens (tertiary/aromatic N) is 3. The normalized spacial score (nSPS) is 15.8. The number of rotatable bonds is 1.